The van der Waals surface area contributed by atoms with E-state index in [9.17, 15) is 4.79 Å². The van der Waals surface area contributed by atoms with Gasteiger partial charge in [0, 0.05) is 6.54 Å². The molecule has 0 radical (unpaired) electrons. The summed E-state index contributed by atoms with van der Waals surface area (Å²) in [6.45, 7) is 4.62. The predicted molar refractivity (Wildman–Crippen MR) is 74.6 cm³/mol. The summed E-state index contributed by atoms with van der Waals surface area (Å²) >= 11 is 3.01. The van der Waals surface area contributed by atoms with Crippen LogP contribution in [0.4, 0.5) is 5.13 Å². The Hall–Kier alpha value is -1.40. The quantitative estimate of drug-likeness (QED) is 0.875. The third-order valence-electron chi connectivity index (χ3n) is 2.56. The highest BCUT2D eigenvalue weighted by Crippen LogP contribution is 2.24. The van der Waals surface area contributed by atoms with Crippen LogP contribution in [0.2, 0.25) is 0 Å². The summed E-state index contributed by atoms with van der Waals surface area (Å²) in [4.78, 5) is 16.3. The maximum absolute atomic E-state index is 11.5. The summed E-state index contributed by atoms with van der Waals surface area (Å²) in [5.41, 5.74) is 3.23. The second kappa shape index (κ2) is 5.49. The van der Waals surface area contributed by atoms with Crippen molar-refractivity contribution in [1.29, 1.82) is 0 Å². The molecule has 4 nitrogen and oxygen atoms in total. The number of methoxy groups -OCH3 is 1. The van der Waals surface area contributed by atoms with Gasteiger partial charge in [0.25, 0.3) is 0 Å². The van der Waals surface area contributed by atoms with Gasteiger partial charge in [-0.05, 0) is 35.7 Å². The zero-order valence-corrected chi connectivity index (χ0v) is 12.1. The van der Waals surface area contributed by atoms with E-state index in [1.807, 2.05) is 6.92 Å². The molecular weight excluding hydrogens is 268 g/mol. The molecule has 0 aliphatic carbocycles. The molecule has 2 heterocycles. The Kier molecular flexibility index (Phi) is 3.98. The predicted octanol–water partition coefficient (Wildman–Crippen LogP) is 3.22. The fraction of sp³-hybridized carbons (Fsp3) is 0.333. The van der Waals surface area contributed by atoms with Crippen LogP contribution in [0.25, 0.3) is 0 Å². The van der Waals surface area contributed by atoms with Crippen LogP contribution in [0.15, 0.2) is 10.8 Å². The number of ether oxygens (including phenoxy) is 1. The van der Waals surface area contributed by atoms with Crippen LogP contribution in [0.3, 0.4) is 0 Å². The van der Waals surface area contributed by atoms with Gasteiger partial charge in [-0.2, -0.15) is 11.3 Å². The molecule has 6 heteroatoms. The van der Waals surface area contributed by atoms with Gasteiger partial charge in [0.05, 0.1) is 12.8 Å². The molecule has 18 heavy (non-hydrogen) atoms. The minimum atomic E-state index is -0.329. The molecule has 2 aromatic rings. The van der Waals surface area contributed by atoms with E-state index < -0.39 is 0 Å². The molecule has 0 atom stereocenters. The number of nitrogens with one attached hydrogen (secondary N) is 1. The Labute approximate surface area is 114 Å². The number of aryl methyl sites for hydroxylation is 2. The Bertz CT molecular complexity index is 560. The Morgan fingerprint density at radius 1 is 1.44 bits per heavy atom. The Morgan fingerprint density at radius 2 is 2.22 bits per heavy atom. The molecule has 0 aromatic carbocycles. The third kappa shape index (κ3) is 2.70. The lowest BCUT2D eigenvalue weighted by molar-refractivity contribution is 0.0605. The summed E-state index contributed by atoms with van der Waals surface area (Å²) in [5, 5.41) is 8.21. The van der Waals surface area contributed by atoms with E-state index in [0.717, 1.165) is 11.7 Å². The molecule has 0 bridgehead atoms. The highest BCUT2D eigenvalue weighted by molar-refractivity contribution is 7.17. The molecule has 0 unspecified atom stereocenters. The van der Waals surface area contributed by atoms with Gasteiger partial charge >= 0.3 is 5.97 Å². The van der Waals surface area contributed by atoms with E-state index in [-0.39, 0.29) is 5.97 Å². The van der Waals surface area contributed by atoms with E-state index in [4.69, 9.17) is 4.74 Å². The maximum Gasteiger partial charge on any atom is 0.350 e. The van der Waals surface area contributed by atoms with Crippen molar-refractivity contribution in [2.75, 3.05) is 12.4 Å². The van der Waals surface area contributed by atoms with Crippen molar-refractivity contribution >= 4 is 33.8 Å². The van der Waals surface area contributed by atoms with Gasteiger partial charge in [-0.25, -0.2) is 9.78 Å². The first-order valence-electron chi connectivity index (χ1n) is 5.43. The summed E-state index contributed by atoms with van der Waals surface area (Å²) in [6.07, 6.45) is 0. The van der Waals surface area contributed by atoms with E-state index >= 15 is 0 Å². The van der Waals surface area contributed by atoms with Crippen LogP contribution in [0, 0.1) is 13.8 Å². The Balaban J connectivity index is 2.07. The van der Waals surface area contributed by atoms with Gasteiger partial charge in [-0.15, -0.1) is 0 Å². The lowest BCUT2D eigenvalue weighted by atomic mass is 10.2. The zero-order chi connectivity index (χ0) is 13.1. The molecule has 0 spiro atoms. The van der Waals surface area contributed by atoms with E-state index in [1.165, 1.54) is 29.6 Å². The van der Waals surface area contributed by atoms with Crippen LogP contribution in [-0.2, 0) is 11.3 Å². The number of nitrogens with zero attached hydrogens (tertiary/aromatic N) is 1. The smallest absolute Gasteiger partial charge is 0.350 e. The van der Waals surface area contributed by atoms with Crippen LogP contribution < -0.4 is 5.32 Å². The van der Waals surface area contributed by atoms with Crippen LogP contribution in [0.1, 0.15) is 26.5 Å². The number of rotatable bonds is 4. The molecule has 0 saturated heterocycles. The number of thiophene rings is 1. The molecule has 0 aliphatic heterocycles. The van der Waals surface area contributed by atoms with Gasteiger partial charge in [-0.1, -0.05) is 11.3 Å². The van der Waals surface area contributed by atoms with Crippen molar-refractivity contribution in [1.82, 2.24) is 4.98 Å². The summed E-state index contributed by atoms with van der Waals surface area (Å²) in [7, 11) is 1.38. The van der Waals surface area contributed by atoms with Crippen LogP contribution in [0.5, 0.6) is 0 Å². The van der Waals surface area contributed by atoms with E-state index in [1.54, 1.807) is 11.3 Å². The highest BCUT2D eigenvalue weighted by atomic mass is 32.1. The lowest BCUT2D eigenvalue weighted by Gasteiger charge is -2.01. The number of aromatic nitrogens is 1. The second-order valence-corrected chi connectivity index (χ2v) is 5.60. The number of carbonyl (C=O) groups is 1. The van der Waals surface area contributed by atoms with Gasteiger partial charge < -0.3 is 10.1 Å². The lowest BCUT2D eigenvalue weighted by Crippen LogP contribution is -1.99. The Morgan fingerprint density at radius 3 is 2.83 bits per heavy atom. The normalized spacial score (nSPS) is 10.4. The van der Waals surface area contributed by atoms with E-state index in [2.05, 4.69) is 28.0 Å². The number of anilines is 1. The first kappa shape index (κ1) is 13.0. The molecular formula is C12H14N2O2S2. The van der Waals surface area contributed by atoms with Crippen molar-refractivity contribution in [3.05, 3.63) is 32.5 Å². The molecule has 96 valence electrons. The van der Waals surface area contributed by atoms with Gasteiger partial charge in [-0.3, -0.25) is 0 Å². The number of carbonyl (C=O) groups excluding carboxylic acids is 1. The third-order valence-corrected chi connectivity index (χ3v) is 4.56. The van der Waals surface area contributed by atoms with Gasteiger partial charge in [0.15, 0.2) is 5.13 Å². The van der Waals surface area contributed by atoms with Crippen LogP contribution >= 0.6 is 22.7 Å². The topological polar surface area (TPSA) is 51.2 Å². The van der Waals surface area contributed by atoms with Gasteiger partial charge in [0.2, 0.25) is 0 Å². The van der Waals surface area contributed by atoms with Crippen molar-refractivity contribution in [3.8, 4) is 0 Å². The van der Waals surface area contributed by atoms with Crippen molar-refractivity contribution in [2.45, 2.75) is 20.4 Å². The monoisotopic (exact) mass is 282 g/mol. The number of hydrogen-bond donors (Lipinski definition) is 1. The maximum atomic E-state index is 11.5. The summed E-state index contributed by atoms with van der Waals surface area (Å²) in [5.74, 6) is -0.329. The standard InChI is InChI=1S/C12H14N2O2S2/c1-7-5-17-6-9(7)4-13-12-14-8(2)10(18-12)11(15)16-3/h5-6H,4H2,1-3H3,(H,13,14). The summed E-state index contributed by atoms with van der Waals surface area (Å²) < 4.78 is 4.71. The first-order chi connectivity index (χ1) is 8.61. The molecule has 0 aliphatic rings. The average molecular weight is 282 g/mol. The average Bonchev–Trinajstić information content (AvgIpc) is 2.92. The van der Waals surface area contributed by atoms with Crippen molar-refractivity contribution in [2.24, 2.45) is 0 Å². The van der Waals surface area contributed by atoms with Crippen LogP contribution in [-0.4, -0.2) is 18.1 Å². The molecule has 0 saturated carbocycles. The summed E-state index contributed by atoms with van der Waals surface area (Å²) in [6, 6.07) is 0. The minimum Gasteiger partial charge on any atom is -0.465 e. The van der Waals surface area contributed by atoms with E-state index in [0.29, 0.717) is 10.6 Å². The second-order valence-electron chi connectivity index (χ2n) is 3.86. The number of hydrogen-bond acceptors (Lipinski definition) is 6. The first-order valence-corrected chi connectivity index (χ1v) is 7.19. The fourth-order valence-corrected chi connectivity index (χ4v) is 3.23. The number of thiazole rings is 1. The molecule has 2 aromatic heterocycles. The van der Waals surface area contributed by atoms with Crippen molar-refractivity contribution < 1.29 is 9.53 Å². The SMILES string of the molecule is COC(=O)c1sc(NCc2cscc2C)nc1C. The minimum absolute atomic E-state index is 0.329. The fourth-order valence-electron chi connectivity index (χ4n) is 1.49. The highest BCUT2D eigenvalue weighted by Gasteiger charge is 2.15. The molecule has 1 N–H and O–H groups in total. The van der Waals surface area contributed by atoms with Crippen molar-refractivity contribution in [3.63, 3.8) is 0 Å². The zero-order valence-electron chi connectivity index (χ0n) is 10.4. The van der Waals surface area contributed by atoms with Gasteiger partial charge in [0.1, 0.15) is 4.88 Å². The number of esters is 1. The molecule has 0 fully saturated rings. The molecule has 0 amide bonds. The largest absolute Gasteiger partial charge is 0.465 e. The molecule has 2 rings (SSSR count).